The molecule has 1 amide bonds. The van der Waals surface area contributed by atoms with Crippen molar-refractivity contribution in [2.75, 3.05) is 11.4 Å². The molecule has 0 bridgehead atoms. The molecular formula is C16H17N3OS. The average molecular weight is 299 g/mol. The van der Waals surface area contributed by atoms with E-state index in [2.05, 4.69) is 21.3 Å². The van der Waals surface area contributed by atoms with Crippen LogP contribution in [0.5, 0.6) is 0 Å². The van der Waals surface area contributed by atoms with E-state index in [4.69, 9.17) is 0 Å². The number of anilines is 1. The second kappa shape index (κ2) is 5.24. The minimum Gasteiger partial charge on any atom is -0.307 e. The topological polar surface area (TPSA) is 36.4 Å². The van der Waals surface area contributed by atoms with E-state index in [9.17, 15) is 4.79 Å². The Morgan fingerprint density at radius 1 is 1.29 bits per heavy atom. The van der Waals surface area contributed by atoms with E-state index in [-0.39, 0.29) is 5.91 Å². The molecule has 21 heavy (non-hydrogen) atoms. The molecule has 4 heterocycles. The molecule has 0 aliphatic carbocycles. The normalized spacial score (nSPS) is 25.5. The first-order chi connectivity index (χ1) is 10.3. The summed E-state index contributed by atoms with van der Waals surface area (Å²) in [5.41, 5.74) is 2.15. The van der Waals surface area contributed by atoms with Crippen LogP contribution in [0.4, 0.5) is 5.69 Å². The van der Waals surface area contributed by atoms with Crippen molar-refractivity contribution in [2.24, 2.45) is 0 Å². The van der Waals surface area contributed by atoms with Crippen LogP contribution < -0.4 is 4.90 Å². The lowest BCUT2D eigenvalue weighted by Crippen LogP contribution is -2.37. The van der Waals surface area contributed by atoms with Crippen LogP contribution in [0.25, 0.3) is 0 Å². The van der Waals surface area contributed by atoms with Crippen LogP contribution in [0.1, 0.15) is 18.5 Å². The van der Waals surface area contributed by atoms with Gasteiger partial charge in [-0.25, -0.2) is 0 Å². The monoisotopic (exact) mass is 299 g/mol. The molecule has 2 aliphatic heterocycles. The Kier molecular flexibility index (Phi) is 3.24. The number of nitrogens with zero attached hydrogens (tertiary/aromatic N) is 3. The summed E-state index contributed by atoms with van der Waals surface area (Å²) in [6.45, 7) is 1.88. The van der Waals surface area contributed by atoms with Gasteiger partial charge in [0.2, 0.25) is 5.91 Å². The highest BCUT2D eigenvalue weighted by atomic mass is 32.1. The Morgan fingerprint density at radius 2 is 2.24 bits per heavy atom. The summed E-state index contributed by atoms with van der Waals surface area (Å²) in [4.78, 5) is 21.2. The molecule has 0 aromatic carbocycles. The first-order valence-corrected chi connectivity index (χ1v) is 8.25. The first-order valence-electron chi connectivity index (χ1n) is 7.31. The smallest absolute Gasteiger partial charge is 0.228 e. The Morgan fingerprint density at radius 3 is 3.00 bits per heavy atom. The predicted molar refractivity (Wildman–Crippen MR) is 83.3 cm³/mol. The molecule has 2 aromatic heterocycles. The minimum absolute atomic E-state index is 0.258. The van der Waals surface area contributed by atoms with Gasteiger partial charge in [-0.2, -0.15) is 11.3 Å². The van der Waals surface area contributed by atoms with E-state index >= 15 is 0 Å². The average Bonchev–Trinajstić information content (AvgIpc) is 3.19. The van der Waals surface area contributed by atoms with Gasteiger partial charge in [0, 0.05) is 37.1 Å². The second-order valence-electron chi connectivity index (χ2n) is 5.66. The predicted octanol–water partition coefficient (Wildman–Crippen LogP) is 2.52. The lowest BCUT2D eigenvalue weighted by Gasteiger charge is -2.24. The maximum atomic E-state index is 12.4. The lowest BCUT2D eigenvalue weighted by atomic mass is 10.1. The number of aromatic nitrogens is 1. The summed E-state index contributed by atoms with van der Waals surface area (Å²) in [5.74, 6) is 0.258. The first kappa shape index (κ1) is 13.0. The fourth-order valence-electron chi connectivity index (χ4n) is 3.55. The van der Waals surface area contributed by atoms with Crippen molar-refractivity contribution in [1.82, 2.24) is 9.88 Å². The third-order valence-corrected chi connectivity index (χ3v) is 5.16. The van der Waals surface area contributed by atoms with Crippen LogP contribution in [0.15, 0.2) is 41.2 Å². The molecular weight excluding hydrogens is 282 g/mol. The van der Waals surface area contributed by atoms with Crippen LogP contribution in [-0.2, 0) is 11.3 Å². The van der Waals surface area contributed by atoms with Gasteiger partial charge < -0.3 is 4.90 Å². The molecule has 4 nitrogen and oxygen atoms in total. The fourth-order valence-corrected chi connectivity index (χ4v) is 4.18. The number of rotatable bonds is 3. The van der Waals surface area contributed by atoms with Gasteiger partial charge in [0.15, 0.2) is 0 Å². The van der Waals surface area contributed by atoms with Gasteiger partial charge in [0.25, 0.3) is 0 Å². The van der Waals surface area contributed by atoms with Crippen LogP contribution in [0.2, 0.25) is 0 Å². The van der Waals surface area contributed by atoms with E-state index in [1.165, 1.54) is 0 Å². The summed E-state index contributed by atoms with van der Waals surface area (Å²) >= 11 is 1.65. The number of fused-ring (bicyclic) bond motifs is 1. The quantitative estimate of drug-likeness (QED) is 0.874. The SMILES string of the molecule is O=C1CC2C(CCN2Cc2ccccn2)N1c1ccsc1. The molecule has 4 rings (SSSR count). The zero-order valence-corrected chi connectivity index (χ0v) is 12.5. The van der Waals surface area contributed by atoms with E-state index in [1.807, 2.05) is 34.7 Å². The van der Waals surface area contributed by atoms with Crippen LogP contribution >= 0.6 is 11.3 Å². The molecule has 2 saturated heterocycles. The summed E-state index contributed by atoms with van der Waals surface area (Å²) in [7, 11) is 0. The van der Waals surface area contributed by atoms with Crippen molar-refractivity contribution in [2.45, 2.75) is 31.5 Å². The maximum Gasteiger partial charge on any atom is 0.228 e. The highest BCUT2D eigenvalue weighted by Gasteiger charge is 2.47. The number of hydrogen-bond acceptors (Lipinski definition) is 4. The van der Waals surface area contributed by atoms with Crippen molar-refractivity contribution >= 4 is 22.9 Å². The molecule has 2 unspecified atom stereocenters. The van der Waals surface area contributed by atoms with Crippen molar-refractivity contribution in [3.05, 3.63) is 46.9 Å². The number of pyridine rings is 1. The third-order valence-electron chi connectivity index (χ3n) is 4.48. The molecule has 5 heteroatoms. The highest BCUT2D eigenvalue weighted by molar-refractivity contribution is 7.08. The number of amides is 1. The molecule has 108 valence electrons. The van der Waals surface area contributed by atoms with Gasteiger partial charge in [0.1, 0.15) is 0 Å². The van der Waals surface area contributed by atoms with E-state index < -0.39 is 0 Å². The molecule has 2 fully saturated rings. The third kappa shape index (κ3) is 2.26. The van der Waals surface area contributed by atoms with Gasteiger partial charge in [-0.15, -0.1) is 0 Å². The van der Waals surface area contributed by atoms with Crippen molar-refractivity contribution in [1.29, 1.82) is 0 Å². The molecule has 2 aromatic rings. The van der Waals surface area contributed by atoms with Gasteiger partial charge in [0.05, 0.1) is 17.4 Å². The standard InChI is InChI=1S/C16H17N3OS/c20-16-9-15-14(19(16)13-5-8-21-11-13)4-7-18(15)10-12-3-1-2-6-17-12/h1-3,5-6,8,11,14-15H,4,7,9-10H2. The molecule has 2 aliphatic rings. The lowest BCUT2D eigenvalue weighted by molar-refractivity contribution is -0.117. The highest BCUT2D eigenvalue weighted by Crippen LogP contribution is 2.37. The van der Waals surface area contributed by atoms with Crippen LogP contribution in [-0.4, -0.2) is 34.4 Å². The van der Waals surface area contributed by atoms with Gasteiger partial charge in [-0.05, 0) is 30.0 Å². The minimum atomic E-state index is 0.258. The Hall–Kier alpha value is -1.72. The molecule has 0 radical (unpaired) electrons. The van der Waals surface area contributed by atoms with Crippen LogP contribution in [0, 0.1) is 0 Å². The molecule has 0 saturated carbocycles. The number of thiophene rings is 1. The Labute approximate surface area is 128 Å². The van der Waals surface area contributed by atoms with Gasteiger partial charge in [-0.3, -0.25) is 14.7 Å². The van der Waals surface area contributed by atoms with Gasteiger partial charge >= 0.3 is 0 Å². The van der Waals surface area contributed by atoms with Crippen molar-refractivity contribution in [3.63, 3.8) is 0 Å². The number of carbonyl (C=O) groups excluding carboxylic acids is 1. The van der Waals surface area contributed by atoms with E-state index in [0.29, 0.717) is 18.5 Å². The van der Waals surface area contributed by atoms with Gasteiger partial charge in [-0.1, -0.05) is 6.07 Å². The van der Waals surface area contributed by atoms with Crippen molar-refractivity contribution < 1.29 is 4.79 Å². The molecule has 0 spiro atoms. The summed E-state index contributed by atoms with van der Waals surface area (Å²) in [6.07, 6.45) is 3.52. The Bertz CT molecular complexity index is 628. The van der Waals surface area contributed by atoms with E-state index in [1.54, 1.807) is 11.3 Å². The number of carbonyl (C=O) groups is 1. The summed E-state index contributed by atoms with van der Waals surface area (Å²) in [6, 6.07) is 8.73. The zero-order valence-electron chi connectivity index (χ0n) is 11.7. The van der Waals surface area contributed by atoms with Crippen molar-refractivity contribution in [3.8, 4) is 0 Å². The second-order valence-corrected chi connectivity index (χ2v) is 6.44. The maximum absolute atomic E-state index is 12.4. The number of hydrogen-bond donors (Lipinski definition) is 0. The molecule has 2 atom stereocenters. The summed E-state index contributed by atoms with van der Waals surface area (Å²) in [5, 5.41) is 4.11. The zero-order chi connectivity index (χ0) is 14.2. The van der Waals surface area contributed by atoms with Crippen LogP contribution in [0.3, 0.4) is 0 Å². The van der Waals surface area contributed by atoms with E-state index in [0.717, 1.165) is 30.9 Å². The number of likely N-dealkylation sites (tertiary alicyclic amines) is 1. The summed E-state index contributed by atoms with van der Waals surface area (Å²) < 4.78 is 0. The largest absolute Gasteiger partial charge is 0.307 e. The fraction of sp³-hybridized carbons (Fsp3) is 0.375. The molecule has 0 N–H and O–H groups in total. The Balaban J connectivity index is 1.54.